The van der Waals surface area contributed by atoms with Gasteiger partial charge in [-0.25, -0.2) is 5.01 Å². The lowest BCUT2D eigenvalue weighted by atomic mass is 10.2. The number of nitrogens with zero attached hydrogens (tertiary/aromatic N) is 2. The second-order valence-corrected chi connectivity index (χ2v) is 7.91. The van der Waals surface area contributed by atoms with Crippen molar-refractivity contribution in [3.05, 3.63) is 53.6 Å². The summed E-state index contributed by atoms with van der Waals surface area (Å²) in [5.41, 5.74) is 1.93. The first kappa shape index (κ1) is 22.5. The van der Waals surface area contributed by atoms with Crippen molar-refractivity contribution in [3.63, 3.8) is 0 Å². The number of nitrogens with one attached hydrogen (secondary N) is 1. The maximum Gasteiger partial charge on any atom is 0.241 e. The molecule has 2 amide bonds. The topological polar surface area (TPSA) is 89.5 Å². The molecule has 0 aliphatic carbocycles. The summed E-state index contributed by atoms with van der Waals surface area (Å²) in [5.74, 6) is 1.42. The molecule has 1 heterocycles. The van der Waals surface area contributed by atoms with Crippen LogP contribution < -0.4 is 19.5 Å². The molecule has 1 aliphatic rings. The quantitative estimate of drug-likeness (QED) is 0.659. The fourth-order valence-electron chi connectivity index (χ4n) is 2.95. The van der Waals surface area contributed by atoms with E-state index >= 15 is 0 Å². The molecule has 0 radical (unpaired) electrons. The average Bonchev–Trinajstić information content (AvgIpc) is 3.14. The van der Waals surface area contributed by atoms with Crippen molar-refractivity contribution in [1.29, 1.82) is 0 Å². The second-order valence-electron chi connectivity index (χ2n) is 6.84. The molecule has 1 unspecified atom stereocenters. The molecule has 0 saturated heterocycles. The molecule has 31 heavy (non-hydrogen) atoms. The number of hydrogen-bond acceptors (Lipinski definition) is 7. The predicted octanol–water partition coefficient (Wildman–Crippen LogP) is 3.46. The highest BCUT2D eigenvalue weighted by Crippen LogP contribution is 2.41. The average molecular weight is 444 g/mol. The number of carbonyl (C=O) groups is 2. The number of rotatable bonds is 7. The fraction of sp³-hybridized carbons (Fsp3) is 0.318. The van der Waals surface area contributed by atoms with Gasteiger partial charge in [-0.15, -0.1) is 5.10 Å². The van der Waals surface area contributed by atoms with Gasteiger partial charge in [0, 0.05) is 13.8 Å². The fourth-order valence-corrected chi connectivity index (χ4v) is 4.08. The molecule has 8 nitrogen and oxygen atoms in total. The Balaban J connectivity index is 1.65. The molecule has 3 rings (SSSR count). The summed E-state index contributed by atoms with van der Waals surface area (Å²) in [4.78, 5) is 23.4. The third kappa shape index (κ3) is 5.91. The molecule has 0 aromatic heterocycles. The van der Waals surface area contributed by atoms with E-state index in [1.54, 1.807) is 19.2 Å². The highest BCUT2D eigenvalue weighted by Gasteiger charge is 2.32. The zero-order valence-electron chi connectivity index (χ0n) is 17.9. The Morgan fingerprint density at radius 3 is 2.55 bits per heavy atom. The molecule has 0 fully saturated rings. The third-order valence-corrected chi connectivity index (χ3v) is 5.42. The normalized spacial score (nSPS) is 15.3. The number of amidine groups is 1. The van der Waals surface area contributed by atoms with Gasteiger partial charge in [0.1, 0.15) is 24.3 Å². The predicted molar refractivity (Wildman–Crippen MR) is 119 cm³/mol. The number of carbonyl (C=O) groups excluding carboxylic acids is 2. The highest BCUT2D eigenvalue weighted by atomic mass is 32.2. The lowest BCUT2D eigenvalue weighted by molar-refractivity contribution is -0.129. The van der Waals surface area contributed by atoms with Crippen molar-refractivity contribution in [1.82, 2.24) is 10.3 Å². The van der Waals surface area contributed by atoms with Crippen LogP contribution in [0.5, 0.6) is 17.2 Å². The van der Waals surface area contributed by atoms with Crippen LogP contribution in [0.25, 0.3) is 0 Å². The summed E-state index contributed by atoms with van der Waals surface area (Å²) < 4.78 is 17.0. The summed E-state index contributed by atoms with van der Waals surface area (Å²) in [5, 5.41) is 8.13. The molecule has 0 saturated carbocycles. The van der Waals surface area contributed by atoms with Crippen LogP contribution in [-0.4, -0.2) is 42.3 Å². The van der Waals surface area contributed by atoms with Crippen LogP contribution in [0.2, 0.25) is 0 Å². The van der Waals surface area contributed by atoms with E-state index in [-0.39, 0.29) is 11.8 Å². The Morgan fingerprint density at radius 2 is 1.87 bits per heavy atom. The van der Waals surface area contributed by atoms with Gasteiger partial charge in [0.15, 0.2) is 16.7 Å². The minimum Gasteiger partial charge on any atom is -0.493 e. The van der Waals surface area contributed by atoms with Crippen molar-refractivity contribution in [3.8, 4) is 17.2 Å². The smallest absolute Gasteiger partial charge is 0.241 e. The first-order chi connectivity index (χ1) is 14.9. The van der Waals surface area contributed by atoms with Gasteiger partial charge in [-0.1, -0.05) is 30.0 Å². The van der Waals surface area contributed by atoms with Crippen molar-refractivity contribution >= 4 is 28.7 Å². The standard InChI is InChI=1S/C22H25N3O5S/c1-14-6-5-7-18(12-14)29-10-11-30-19-9-8-17(13-20(19)28-4)21-25(16(3)27)24-22(31-21)23-15(2)26/h5-9,12-13,21H,10-11H2,1-4H3,(H,23,24,26). The minimum absolute atomic E-state index is 0.231. The van der Waals surface area contributed by atoms with Gasteiger partial charge in [-0.2, -0.15) is 0 Å². The van der Waals surface area contributed by atoms with Gasteiger partial charge in [0.2, 0.25) is 11.8 Å². The van der Waals surface area contributed by atoms with Crippen LogP contribution >= 0.6 is 11.8 Å². The van der Waals surface area contributed by atoms with Gasteiger partial charge in [0.25, 0.3) is 0 Å². The highest BCUT2D eigenvalue weighted by molar-refractivity contribution is 8.14. The maximum absolute atomic E-state index is 12.0. The van der Waals surface area contributed by atoms with Crippen LogP contribution in [0.4, 0.5) is 0 Å². The van der Waals surface area contributed by atoms with E-state index in [4.69, 9.17) is 14.2 Å². The van der Waals surface area contributed by atoms with Crippen molar-refractivity contribution in [2.45, 2.75) is 26.1 Å². The summed E-state index contributed by atoms with van der Waals surface area (Å²) in [6.07, 6.45) is 0. The zero-order valence-corrected chi connectivity index (χ0v) is 18.7. The lowest BCUT2D eigenvalue weighted by Gasteiger charge is -2.20. The largest absolute Gasteiger partial charge is 0.493 e. The first-order valence-electron chi connectivity index (χ1n) is 9.70. The molecule has 0 spiro atoms. The van der Waals surface area contributed by atoms with E-state index in [1.165, 1.54) is 30.6 Å². The molecule has 9 heteroatoms. The molecule has 2 aromatic rings. The molecule has 164 valence electrons. The Hall–Kier alpha value is -3.20. The number of benzene rings is 2. The third-order valence-electron chi connectivity index (χ3n) is 4.32. The molecule has 1 aliphatic heterocycles. The molecule has 1 atom stereocenters. The number of ether oxygens (including phenoxy) is 3. The number of hydrogen-bond donors (Lipinski definition) is 1. The van der Waals surface area contributed by atoms with Gasteiger partial charge in [0.05, 0.1) is 7.11 Å². The Bertz CT molecular complexity index is 995. The van der Waals surface area contributed by atoms with Crippen LogP contribution in [0.3, 0.4) is 0 Å². The van der Waals surface area contributed by atoms with Gasteiger partial charge >= 0.3 is 0 Å². The van der Waals surface area contributed by atoms with E-state index < -0.39 is 5.37 Å². The van der Waals surface area contributed by atoms with Crippen LogP contribution in [0.15, 0.2) is 47.6 Å². The van der Waals surface area contributed by atoms with E-state index in [0.29, 0.717) is 29.9 Å². The molecule has 0 bridgehead atoms. The molecular formula is C22H25N3O5S. The molecule has 1 N–H and O–H groups in total. The van der Waals surface area contributed by atoms with Gasteiger partial charge in [-0.05, 0) is 42.3 Å². The van der Waals surface area contributed by atoms with Gasteiger partial charge in [-0.3, -0.25) is 9.59 Å². The minimum atomic E-state index is -0.410. The van der Waals surface area contributed by atoms with E-state index in [1.807, 2.05) is 37.3 Å². The zero-order chi connectivity index (χ0) is 22.4. The van der Waals surface area contributed by atoms with Crippen LogP contribution in [0.1, 0.15) is 30.3 Å². The summed E-state index contributed by atoms with van der Waals surface area (Å²) in [7, 11) is 1.55. The molecule has 2 aromatic carbocycles. The SMILES string of the molecule is COc1cc(C2SC(NC(C)=O)=NN2C(C)=O)ccc1OCCOc1cccc(C)c1. The second kappa shape index (κ2) is 10.2. The van der Waals surface area contributed by atoms with Crippen molar-refractivity contribution in [2.75, 3.05) is 20.3 Å². The number of aryl methyl sites for hydroxylation is 1. The number of methoxy groups -OCH3 is 1. The number of thioether (sulfide) groups is 1. The Kier molecular flexibility index (Phi) is 7.41. The van der Waals surface area contributed by atoms with E-state index in [0.717, 1.165) is 16.9 Å². The lowest BCUT2D eigenvalue weighted by Crippen LogP contribution is -2.25. The Labute approximate surface area is 185 Å². The van der Waals surface area contributed by atoms with Crippen LogP contribution in [0, 0.1) is 6.92 Å². The summed E-state index contributed by atoms with van der Waals surface area (Å²) >= 11 is 1.28. The monoisotopic (exact) mass is 443 g/mol. The van der Waals surface area contributed by atoms with E-state index in [9.17, 15) is 9.59 Å². The number of hydrazone groups is 1. The summed E-state index contributed by atoms with van der Waals surface area (Å²) in [6, 6.07) is 13.3. The van der Waals surface area contributed by atoms with Gasteiger partial charge < -0.3 is 19.5 Å². The number of amides is 2. The van der Waals surface area contributed by atoms with Crippen molar-refractivity contribution in [2.24, 2.45) is 5.10 Å². The van der Waals surface area contributed by atoms with Crippen molar-refractivity contribution < 1.29 is 23.8 Å². The first-order valence-corrected chi connectivity index (χ1v) is 10.6. The summed E-state index contributed by atoms with van der Waals surface area (Å²) in [6.45, 7) is 5.56. The molecular weight excluding hydrogens is 418 g/mol. The Morgan fingerprint density at radius 1 is 1.10 bits per heavy atom. The maximum atomic E-state index is 12.0. The van der Waals surface area contributed by atoms with E-state index in [2.05, 4.69) is 10.4 Å². The van der Waals surface area contributed by atoms with Crippen LogP contribution in [-0.2, 0) is 9.59 Å².